The highest BCUT2D eigenvalue weighted by Crippen LogP contribution is 2.19. The number of carbonyl (C=O) groups excluding carboxylic acids is 1. The number of ether oxygens (including phenoxy) is 1. The largest absolute Gasteiger partial charge is 0.396 e. The molecule has 2 N–H and O–H groups in total. The fraction of sp³-hybridized carbons (Fsp3) is 0.588. The Morgan fingerprint density at radius 1 is 1.32 bits per heavy atom. The quantitative estimate of drug-likeness (QED) is 0.813. The van der Waals surface area contributed by atoms with Gasteiger partial charge in [0.05, 0.1) is 6.61 Å². The number of benzene rings is 1. The van der Waals surface area contributed by atoms with Crippen molar-refractivity contribution in [1.82, 2.24) is 4.90 Å². The first-order chi connectivity index (χ1) is 10.4. The molecule has 2 amide bonds. The van der Waals surface area contributed by atoms with Crippen LogP contribution in [0.3, 0.4) is 0 Å². The molecule has 0 aliphatic heterocycles. The van der Waals surface area contributed by atoms with E-state index >= 15 is 0 Å². The third kappa shape index (κ3) is 6.45. The predicted octanol–water partition coefficient (Wildman–Crippen LogP) is 3.10. The van der Waals surface area contributed by atoms with Crippen molar-refractivity contribution in [3.05, 3.63) is 29.8 Å². The van der Waals surface area contributed by atoms with Crippen LogP contribution < -0.4 is 5.32 Å². The zero-order valence-electron chi connectivity index (χ0n) is 14.1. The average molecular weight is 308 g/mol. The van der Waals surface area contributed by atoms with Gasteiger partial charge in [0.1, 0.15) is 0 Å². The second kappa shape index (κ2) is 8.76. The summed E-state index contributed by atoms with van der Waals surface area (Å²) in [5, 5.41) is 12.0. The molecule has 0 bridgehead atoms. The van der Waals surface area contributed by atoms with Gasteiger partial charge in [-0.25, -0.2) is 4.79 Å². The standard InChI is InChI=1S/C17H28N2O3/c1-17(2,3)13-19(10-7-11-20)16(21)18-15-9-6-5-8-14(15)12-22-4/h5-6,8-9,20H,7,10-13H2,1-4H3,(H,18,21). The molecule has 0 spiro atoms. The van der Waals surface area contributed by atoms with E-state index in [2.05, 4.69) is 26.1 Å². The molecule has 1 aromatic carbocycles. The molecule has 0 saturated heterocycles. The van der Waals surface area contributed by atoms with Crippen LogP contribution in [0.4, 0.5) is 10.5 Å². The minimum absolute atomic E-state index is 0.00115. The lowest BCUT2D eigenvalue weighted by Gasteiger charge is -2.30. The molecular formula is C17H28N2O3. The molecule has 1 rings (SSSR count). The molecule has 124 valence electrons. The van der Waals surface area contributed by atoms with Crippen LogP contribution in [0.1, 0.15) is 32.8 Å². The van der Waals surface area contributed by atoms with Gasteiger partial charge >= 0.3 is 6.03 Å². The van der Waals surface area contributed by atoms with Gasteiger partial charge in [0.25, 0.3) is 0 Å². The summed E-state index contributed by atoms with van der Waals surface area (Å²) >= 11 is 0. The maximum Gasteiger partial charge on any atom is 0.321 e. The molecule has 0 aliphatic carbocycles. The van der Waals surface area contributed by atoms with Crippen LogP contribution in [0.2, 0.25) is 0 Å². The number of anilines is 1. The molecule has 0 unspecified atom stereocenters. The SMILES string of the molecule is COCc1ccccc1NC(=O)N(CCCO)CC(C)(C)C. The van der Waals surface area contributed by atoms with Crippen molar-refractivity contribution in [2.75, 3.05) is 32.1 Å². The fourth-order valence-corrected chi connectivity index (χ4v) is 2.20. The first-order valence-electron chi connectivity index (χ1n) is 7.61. The normalized spacial score (nSPS) is 11.3. The molecule has 0 aliphatic rings. The molecule has 5 heteroatoms. The smallest absolute Gasteiger partial charge is 0.321 e. The Balaban J connectivity index is 2.81. The van der Waals surface area contributed by atoms with Crippen LogP contribution in [0.15, 0.2) is 24.3 Å². The summed E-state index contributed by atoms with van der Waals surface area (Å²) in [6, 6.07) is 7.46. The van der Waals surface area contributed by atoms with E-state index in [0.29, 0.717) is 26.1 Å². The minimum Gasteiger partial charge on any atom is -0.396 e. The van der Waals surface area contributed by atoms with E-state index in [9.17, 15) is 4.79 Å². The second-order valence-electron chi connectivity index (χ2n) is 6.58. The van der Waals surface area contributed by atoms with Crippen molar-refractivity contribution in [2.24, 2.45) is 5.41 Å². The molecule has 0 radical (unpaired) electrons. The molecule has 22 heavy (non-hydrogen) atoms. The molecule has 0 saturated carbocycles. The molecular weight excluding hydrogens is 280 g/mol. The summed E-state index contributed by atoms with van der Waals surface area (Å²) in [5.41, 5.74) is 1.70. The van der Waals surface area contributed by atoms with Crippen molar-refractivity contribution in [3.8, 4) is 0 Å². The van der Waals surface area contributed by atoms with Crippen LogP contribution >= 0.6 is 0 Å². The van der Waals surface area contributed by atoms with Crippen LogP contribution in [-0.4, -0.2) is 42.8 Å². The first kappa shape index (κ1) is 18.5. The van der Waals surface area contributed by atoms with E-state index in [1.807, 2.05) is 24.3 Å². The number of aliphatic hydroxyl groups is 1. The lowest BCUT2D eigenvalue weighted by Crippen LogP contribution is -2.41. The maximum atomic E-state index is 12.5. The molecule has 0 atom stereocenters. The molecule has 0 fully saturated rings. The number of nitrogens with one attached hydrogen (secondary N) is 1. The highest BCUT2D eigenvalue weighted by atomic mass is 16.5. The fourth-order valence-electron chi connectivity index (χ4n) is 2.20. The lowest BCUT2D eigenvalue weighted by atomic mass is 9.96. The third-order valence-electron chi connectivity index (χ3n) is 3.10. The van der Waals surface area contributed by atoms with Crippen LogP contribution in [-0.2, 0) is 11.3 Å². The van der Waals surface area contributed by atoms with E-state index < -0.39 is 0 Å². The lowest BCUT2D eigenvalue weighted by molar-refractivity contribution is 0.175. The molecule has 0 heterocycles. The van der Waals surface area contributed by atoms with Crippen molar-refractivity contribution < 1.29 is 14.6 Å². The Hall–Kier alpha value is -1.59. The summed E-state index contributed by atoms with van der Waals surface area (Å²) in [6.07, 6.45) is 0.573. The number of urea groups is 1. The number of para-hydroxylation sites is 1. The summed E-state index contributed by atoms with van der Waals surface area (Å²) in [7, 11) is 1.63. The Kier molecular flexibility index (Phi) is 7.35. The number of aliphatic hydroxyl groups excluding tert-OH is 1. The number of amides is 2. The van der Waals surface area contributed by atoms with Crippen molar-refractivity contribution in [1.29, 1.82) is 0 Å². The van der Waals surface area contributed by atoms with Gasteiger partial charge in [-0.3, -0.25) is 0 Å². The average Bonchev–Trinajstić information content (AvgIpc) is 2.44. The number of hydrogen-bond donors (Lipinski definition) is 2. The van der Waals surface area contributed by atoms with Crippen LogP contribution in [0.25, 0.3) is 0 Å². The zero-order chi connectivity index (χ0) is 16.6. The number of carbonyl (C=O) groups is 1. The summed E-state index contributed by atoms with van der Waals surface area (Å²) < 4.78 is 5.16. The zero-order valence-corrected chi connectivity index (χ0v) is 14.1. The van der Waals surface area contributed by atoms with Gasteiger partial charge in [-0.15, -0.1) is 0 Å². The second-order valence-corrected chi connectivity index (χ2v) is 6.58. The Morgan fingerprint density at radius 2 is 2.00 bits per heavy atom. The van der Waals surface area contributed by atoms with E-state index in [1.54, 1.807) is 12.0 Å². The van der Waals surface area contributed by atoms with Crippen molar-refractivity contribution in [3.63, 3.8) is 0 Å². The molecule has 1 aromatic rings. The Labute approximate surface area is 133 Å². The van der Waals surface area contributed by atoms with E-state index in [-0.39, 0.29) is 18.1 Å². The Bertz CT molecular complexity index is 469. The van der Waals surface area contributed by atoms with E-state index in [1.165, 1.54) is 0 Å². The monoisotopic (exact) mass is 308 g/mol. The topological polar surface area (TPSA) is 61.8 Å². The van der Waals surface area contributed by atoms with Crippen molar-refractivity contribution in [2.45, 2.75) is 33.8 Å². The van der Waals surface area contributed by atoms with E-state index in [0.717, 1.165) is 11.3 Å². The van der Waals surface area contributed by atoms with Gasteiger partial charge in [0, 0.05) is 38.1 Å². The summed E-state index contributed by atoms with van der Waals surface area (Å²) in [5.74, 6) is 0. The predicted molar refractivity (Wildman–Crippen MR) is 88.9 cm³/mol. The minimum atomic E-state index is -0.146. The highest BCUT2D eigenvalue weighted by molar-refractivity contribution is 5.90. The summed E-state index contributed by atoms with van der Waals surface area (Å²) in [6.45, 7) is 7.96. The van der Waals surface area contributed by atoms with Gasteiger partial charge in [0.15, 0.2) is 0 Å². The number of methoxy groups -OCH3 is 1. The maximum absolute atomic E-state index is 12.5. The van der Waals surface area contributed by atoms with Gasteiger partial charge in [-0.2, -0.15) is 0 Å². The van der Waals surface area contributed by atoms with E-state index in [4.69, 9.17) is 9.84 Å². The van der Waals surface area contributed by atoms with Gasteiger partial charge in [-0.05, 0) is 17.9 Å². The summed E-state index contributed by atoms with van der Waals surface area (Å²) in [4.78, 5) is 14.3. The van der Waals surface area contributed by atoms with Crippen molar-refractivity contribution >= 4 is 11.7 Å². The van der Waals surface area contributed by atoms with Gasteiger partial charge in [-0.1, -0.05) is 39.0 Å². The van der Waals surface area contributed by atoms with Crippen LogP contribution in [0.5, 0.6) is 0 Å². The molecule has 5 nitrogen and oxygen atoms in total. The number of rotatable bonds is 7. The number of hydrogen-bond acceptors (Lipinski definition) is 3. The van der Waals surface area contributed by atoms with Gasteiger partial charge in [0.2, 0.25) is 0 Å². The highest BCUT2D eigenvalue weighted by Gasteiger charge is 2.21. The molecule has 0 aromatic heterocycles. The Morgan fingerprint density at radius 3 is 2.59 bits per heavy atom. The van der Waals surface area contributed by atoms with Gasteiger partial charge < -0.3 is 20.1 Å². The van der Waals surface area contributed by atoms with Crippen LogP contribution in [0, 0.1) is 5.41 Å². The first-order valence-corrected chi connectivity index (χ1v) is 7.61. The number of nitrogens with zero attached hydrogens (tertiary/aromatic N) is 1. The third-order valence-corrected chi connectivity index (χ3v) is 3.10.